The Bertz CT molecular complexity index is 389. The lowest BCUT2D eigenvalue weighted by atomic mass is 10.1. The highest BCUT2D eigenvalue weighted by Gasteiger charge is 2.00. The molecule has 2 rings (SSSR count). The quantitative estimate of drug-likeness (QED) is 0.469. The van der Waals surface area contributed by atoms with Gasteiger partial charge in [-0.15, -0.1) is 0 Å². The van der Waals surface area contributed by atoms with Crippen LogP contribution >= 0.6 is 0 Å². The average Bonchev–Trinajstić information content (AvgIpc) is 2.21. The molecule has 4 nitrogen and oxygen atoms in total. The molecule has 0 radical (unpaired) electrons. The molecule has 6 heteroatoms. The number of pyridine rings is 2. The van der Waals surface area contributed by atoms with Gasteiger partial charge in [0.25, 0.3) is 0 Å². The van der Waals surface area contributed by atoms with Crippen molar-refractivity contribution in [1.82, 2.24) is 0 Å². The summed E-state index contributed by atoms with van der Waals surface area (Å²) in [6.07, 6.45) is 8.23. The molecule has 0 saturated heterocycles. The van der Waals surface area contributed by atoms with Gasteiger partial charge in [-0.3, -0.25) is 0 Å². The molecule has 2 heterocycles. The number of nitrogens with zero attached hydrogens (tertiary/aromatic N) is 2. The van der Waals surface area contributed by atoms with Crippen LogP contribution in [0, 0.1) is 0 Å². The first-order valence-electron chi connectivity index (χ1n) is 4.67. The second kappa shape index (κ2) is 9.79. The van der Waals surface area contributed by atoms with Gasteiger partial charge >= 0.3 is 0 Å². The summed E-state index contributed by atoms with van der Waals surface area (Å²) in [5, 5.41) is 0. The third-order valence-corrected chi connectivity index (χ3v) is 2.29. The monoisotopic (exact) mass is 292 g/mol. The van der Waals surface area contributed by atoms with E-state index in [2.05, 4.69) is 49.1 Å². The molecule has 18 heavy (non-hydrogen) atoms. The van der Waals surface area contributed by atoms with Crippen molar-refractivity contribution in [2.24, 2.45) is 14.1 Å². The summed E-state index contributed by atoms with van der Waals surface area (Å²) < 4.78 is 4.07. The molecule has 0 aromatic carbocycles. The molecule has 2 aromatic rings. The lowest BCUT2D eigenvalue weighted by Gasteiger charge is -1.97. The summed E-state index contributed by atoms with van der Waals surface area (Å²) in [5.74, 6) is 0. The lowest BCUT2D eigenvalue weighted by Crippen LogP contribution is -3.00. The van der Waals surface area contributed by atoms with Crippen molar-refractivity contribution < 1.29 is 44.9 Å². The molecule has 0 atom stereocenters. The van der Waals surface area contributed by atoms with Crippen LogP contribution in [0.15, 0.2) is 49.1 Å². The van der Waals surface area contributed by atoms with Crippen LogP contribution in [0.1, 0.15) is 0 Å². The van der Waals surface area contributed by atoms with Gasteiger partial charge in [-0.1, -0.05) is 0 Å². The van der Waals surface area contributed by atoms with Gasteiger partial charge in [-0.2, -0.15) is 0 Å². The number of rotatable bonds is 1. The Morgan fingerprint density at radius 3 is 1.06 bits per heavy atom. The molecule has 0 spiro atoms. The summed E-state index contributed by atoms with van der Waals surface area (Å²) in [7, 11) is 4.05. The molecule has 4 N–H and O–H groups in total. The average molecular weight is 293 g/mol. The molecule has 0 aliphatic rings. The fraction of sp³-hybridized carbons (Fsp3) is 0.167. The maximum Gasteiger partial charge on any atom is 0.169 e. The Morgan fingerprint density at radius 2 is 0.833 bits per heavy atom. The summed E-state index contributed by atoms with van der Waals surface area (Å²) in [6, 6.07) is 8.48. The van der Waals surface area contributed by atoms with E-state index in [4.69, 9.17) is 0 Å². The number of hydrogen-bond acceptors (Lipinski definition) is 0. The number of aryl methyl sites for hydroxylation is 2. The largest absolute Gasteiger partial charge is 1.00 e. The van der Waals surface area contributed by atoms with E-state index in [9.17, 15) is 0 Å². The first kappa shape index (κ1) is 22.0. The molecular weight excluding hydrogens is 275 g/mol. The topological polar surface area (TPSA) is 70.8 Å². The minimum absolute atomic E-state index is 0. The highest BCUT2D eigenvalue weighted by Crippen LogP contribution is 2.14. The maximum atomic E-state index is 2.12. The van der Waals surface area contributed by atoms with Crippen molar-refractivity contribution in [3.05, 3.63) is 49.1 Å². The van der Waals surface area contributed by atoms with Crippen LogP contribution in [0.25, 0.3) is 11.1 Å². The number of halogens is 2. The molecule has 0 aliphatic heterocycles. The van der Waals surface area contributed by atoms with Crippen LogP contribution in [-0.2, 0) is 14.1 Å². The number of aromatic nitrogens is 2. The number of hydrogen-bond donors (Lipinski definition) is 0. The summed E-state index contributed by atoms with van der Waals surface area (Å²) in [5.41, 5.74) is 2.51. The van der Waals surface area contributed by atoms with E-state index < -0.39 is 0 Å². The Morgan fingerprint density at radius 1 is 0.611 bits per heavy atom. The van der Waals surface area contributed by atoms with Gasteiger partial charge in [0.1, 0.15) is 14.1 Å². The molecule has 0 unspecified atom stereocenters. The smallest absolute Gasteiger partial charge is 0.169 e. The van der Waals surface area contributed by atoms with Crippen molar-refractivity contribution >= 4 is 0 Å². The van der Waals surface area contributed by atoms with Gasteiger partial charge in [0.15, 0.2) is 24.8 Å². The van der Waals surface area contributed by atoms with Crippen LogP contribution < -0.4 is 33.9 Å². The van der Waals surface area contributed by atoms with E-state index in [1.54, 1.807) is 0 Å². The minimum atomic E-state index is 0. The minimum Gasteiger partial charge on any atom is -1.00 e. The highest BCUT2D eigenvalue weighted by molar-refractivity contribution is 5.60. The molecule has 0 saturated carbocycles. The Kier molecular flexibility index (Phi) is 12.0. The third-order valence-electron chi connectivity index (χ3n) is 2.29. The van der Waals surface area contributed by atoms with Crippen molar-refractivity contribution in [2.75, 3.05) is 0 Å². The maximum absolute atomic E-state index is 2.12. The van der Waals surface area contributed by atoms with E-state index in [1.807, 2.05) is 23.2 Å². The standard InChI is InChI=1S/C12H14N2.2ClH.2H2O/c1-13-7-3-11(4-8-13)12-5-9-14(2)10-6-12;;;;/h3-10H,1-2H3;2*1H;2*1H2/q+2;;;;/p-2. The Hall–Kier alpha value is -1.20. The van der Waals surface area contributed by atoms with Gasteiger partial charge in [0.05, 0.1) is 0 Å². The summed E-state index contributed by atoms with van der Waals surface area (Å²) in [4.78, 5) is 0. The summed E-state index contributed by atoms with van der Waals surface area (Å²) in [6.45, 7) is 0. The van der Waals surface area contributed by atoms with E-state index in [1.165, 1.54) is 11.1 Å². The molecule has 0 amide bonds. The van der Waals surface area contributed by atoms with Crippen LogP contribution in [0.3, 0.4) is 0 Å². The fourth-order valence-electron chi connectivity index (χ4n) is 1.39. The van der Waals surface area contributed by atoms with Crippen molar-refractivity contribution in [1.29, 1.82) is 0 Å². The SMILES string of the molecule is C[n+]1ccc(-c2cc[n+](C)cc2)cc1.O.O.[Cl-].[Cl-]. The predicted octanol–water partition coefficient (Wildman–Crippen LogP) is -6.64. The van der Waals surface area contributed by atoms with Crippen LogP contribution in [0.4, 0.5) is 0 Å². The first-order valence-corrected chi connectivity index (χ1v) is 4.67. The van der Waals surface area contributed by atoms with E-state index in [-0.39, 0.29) is 35.8 Å². The zero-order valence-electron chi connectivity index (χ0n) is 10.3. The molecule has 2 aromatic heterocycles. The second-order valence-corrected chi connectivity index (χ2v) is 3.50. The molecule has 0 bridgehead atoms. The van der Waals surface area contributed by atoms with E-state index in [0.29, 0.717) is 0 Å². The van der Waals surface area contributed by atoms with Gasteiger partial charge in [-0.25, -0.2) is 9.13 Å². The third kappa shape index (κ3) is 5.42. The van der Waals surface area contributed by atoms with Crippen molar-refractivity contribution in [2.45, 2.75) is 0 Å². The predicted molar refractivity (Wildman–Crippen MR) is 61.5 cm³/mol. The van der Waals surface area contributed by atoms with Crippen molar-refractivity contribution in [3.63, 3.8) is 0 Å². The van der Waals surface area contributed by atoms with Gasteiger partial charge < -0.3 is 35.8 Å². The molecule has 0 aliphatic carbocycles. The van der Waals surface area contributed by atoms with Gasteiger partial charge in [0, 0.05) is 24.3 Å². The Labute approximate surface area is 119 Å². The van der Waals surface area contributed by atoms with Gasteiger partial charge in [-0.05, 0) is 11.1 Å². The fourth-order valence-corrected chi connectivity index (χ4v) is 1.39. The van der Waals surface area contributed by atoms with Crippen molar-refractivity contribution in [3.8, 4) is 11.1 Å². The highest BCUT2D eigenvalue weighted by atomic mass is 35.5. The van der Waals surface area contributed by atoms with E-state index in [0.717, 1.165) is 0 Å². The second-order valence-electron chi connectivity index (χ2n) is 3.50. The lowest BCUT2D eigenvalue weighted by molar-refractivity contribution is -0.671. The van der Waals surface area contributed by atoms with Gasteiger partial charge in [0.2, 0.25) is 0 Å². The molecule has 102 valence electrons. The first-order chi connectivity index (χ1) is 6.75. The van der Waals surface area contributed by atoms with Crippen LogP contribution in [0.2, 0.25) is 0 Å². The van der Waals surface area contributed by atoms with E-state index >= 15 is 0 Å². The normalized spacial score (nSPS) is 7.89. The zero-order valence-corrected chi connectivity index (χ0v) is 11.8. The van der Waals surface area contributed by atoms with Crippen LogP contribution in [0.5, 0.6) is 0 Å². The Balaban J connectivity index is -0.000000562. The molecule has 0 fully saturated rings. The zero-order chi connectivity index (χ0) is 9.97. The van der Waals surface area contributed by atoms with Crippen LogP contribution in [-0.4, -0.2) is 11.0 Å². The summed E-state index contributed by atoms with van der Waals surface area (Å²) >= 11 is 0. The molecular formula is C12H18Cl2N2O2.